The minimum Gasteiger partial charge on any atom is -0.379 e. The first kappa shape index (κ1) is 18.1. The molecule has 1 aromatic heterocycles. The molecule has 6 rings (SSSR count). The molecule has 5 fully saturated rings. The van der Waals surface area contributed by atoms with Crippen LogP contribution in [0.2, 0.25) is 0 Å². The Balaban J connectivity index is 1.21. The average Bonchev–Trinajstić information content (AvgIpc) is 3.15. The van der Waals surface area contributed by atoms with Crippen LogP contribution in [0.15, 0.2) is 17.5 Å². The zero-order chi connectivity index (χ0) is 18.3. The number of carbonyl (C=O) groups excluding carboxylic acids is 1. The lowest BCUT2D eigenvalue weighted by molar-refractivity contribution is -0.129. The van der Waals surface area contributed by atoms with E-state index in [1.807, 2.05) is 0 Å². The van der Waals surface area contributed by atoms with Gasteiger partial charge in [-0.15, -0.1) is 11.3 Å². The standard InChI is InChI=1S/C22H32N2O2S/c25-21(14-22-11-16-8-17(12-22)10-18(9-16)13-22)23-15-19(20-2-1-7-27-20)24-3-5-26-6-4-24/h1-2,7,16-19H,3-6,8-15H2,(H,23,25)/t16?,17?,18?,19-,22?/m0/s1. The smallest absolute Gasteiger partial charge is 0.220 e. The molecule has 4 saturated carbocycles. The van der Waals surface area contributed by atoms with Crippen molar-refractivity contribution < 1.29 is 9.53 Å². The Labute approximate surface area is 166 Å². The van der Waals surface area contributed by atoms with Gasteiger partial charge in [-0.05, 0) is 73.1 Å². The number of nitrogens with zero attached hydrogens (tertiary/aromatic N) is 1. The maximum atomic E-state index is 12.9. The van der Waals surface area contributed by atoms with E-state index < -0.39 is 0 Å². The summed E-state index contributed by atoms with van der Waals surface area (Å²) in [5.74, 6) is 3.02. The van der Waals surface area contributed by atoms with Crippen molar-refractivity contribution >= 4 is 17.2 Å². The molecule has 1 aromatic rings. The van der Waals surface area contributed by atoms with Crippen LogP contribution in [-0.2, 0) is 9.53 Å². The summed E-state index contributed by atoms with van der Waals surface area (Å²) in [6.45, 7) is 4.22. The highest BCUT2D eigenvalue weighted by molar-refractivity contribution is 7.10. The molecule has 5 heteroatoms. The molecule has 0 aromatic carbocycles. The summed E-state index contributed by atoms with van der Waals surface area (Å²) in [5.41, 5.74) is 0.330. The van der Waals surface area contributed by atoms with Gasteiger partial charge in [-0.3, -0.25) is 9.69 Å². The van der Waals surface area contributed by atoms with Crippen LogP contribution in [0.4, 0.5) is 0 Å². The summed E-state index contributed by atoms with van der Waals surface area (Å²) >= 11 is 1.80. The van der Waals surface area contributed by atoms with Gasteiger partial charge >= 0.3 is 0 Å². The molecule has 4 bridgehead atoms. The first-order valence-electron chi connectivity index (χ1n) is 10.8. The Morgan fingerprint density at radius 2 is 1.85 bits per heavy atom. The van der Waals surface area contributed by atoms with Crippen LogP contribution in [-0.4, -0.2) is 43.7 Å². The third kappa shape index (κ3) is 3.83. The summed E-state index contributed by atoms with van der Waals surface area (Å²) in [4.78, 5) is 16.8. The van der Waals surface area contributed by atoms with Crippen LogP contribution in [0.25, 0.3) is 0 Å². The molecule has 4 nitrogen and oxygen atoms in total. The van der Waals surface area contributed by atoms with Crippen molar-refractivity contribution in [2.75, 3.05) is 32.8 Å². The maximum absolute atomic E-state index is 12.9. The molecule has 0 radical (unpaired) electrons. The summed E-state index contributed by atoms with van der Waals surface area (Å²) < 4.78 is 5.53. The lowest BCUT2D eigenvalue weighted by atomic mass is 9.49. The molecule has 4 aliphatic carbocycles. The van der Waals surface area contributed by atoms with E-state index in [1.165, 1.54) is 43.4 Å². The molecule has 1 atom stereocenters. The van der Waals surface area contributed by atoms with Gasteiger partial charge in [0, 0.05) is 30.9 Å². The first-order chi connectivity index (χ1) is 13.2. The fourth-order valence-corrected chi connectivity index (χ4v) is 7.76. The van der Waals surface area contributed by atoms with Crippen LogP contribution < -0.4 is 5.32 Å². The van der Waals surface area contributed by atoms with E-state index in [0.29, 0.717) is 5.41 Å². The third-order valence-corrected chi connectivity index (χ3v) is 8.52. The number of hydrogen-bond donors (Lipinski definition) is 1. The maximum Gasteiger partial charge on any atom is 0.220 e. The van der Waals surface area contributed by atoms with E-state index in [0.717, 1.165) is 57.0 Å². The van der Waals surface area contributed by atoms with E-state index in [1.54, 1.807) is 11.3 Å². The molecule has 0 spiro atoms. The highest BCUT2D eigenvalue weighted by Gasteiger charge is 2.51. The molecular weight excluding hydrogens is 356 g/mol. The molecule has 148 valence electrons. The number of morpholine rings is 1. The predicted octanol–water partition coefficient (Wildman–Crippen LogP) is 3.84. The minimum atomic E-state index is 0.284. The topological polar surface area (TPSA) is 41.6 Å². The molecule has 5 aliphatic rings. The second kappa shape index (κ2) is 7.49. The molecule has 1 N–H and O–H groups in total. The van der Waals surface area contributed by atoms with Crippen molar-refractivity contribution in [1.29, 1.82) is 0 Å². The van der Waals surface area contributed by atoms with Crippen molar-refractivity contribution in [2.45, 2.75) is 51.0 Å². The second-order valence-corrected chi connectivity index (χ2v) is 10.6. The largest absolute Gasteiger partial charge is 0.379 e. The van der Waals surface area contributed by atoms with E-state index in [2.05, 4.69) is 27.7 Å². The van der Waals surface area contributed by atoms with Gasteiger partial charge in [0.1, 0.15) is 0 Å². The molecular formula is C22H32N2O2S. The van der Waals surface area contributed by atoms with E-state index in [4.69, 9.17) is 4.74 Å². The number of rotatable bonds is 6. The zero-order valence-corrected chi connectivity index (χ0v) is 17.0. The van der Waals surface area contributed by atoms with Crippen LogP contribution >= 0.6 is 11.3 Å². The van der Waals surface area contributed by atoms with Gasteiger partial charge in [0.2, 0.25) is 5.91 Å². The molecule has 2 heterocycles. The Kier molecular flexibility index (Phi) is 5.03. The monoisotopic (exact) mass is 388 g/mol. The number of carbonyl (C=O) groups is 1. The number of thiophene rings is 1. The lowest BCUT2D eigenvalue weighted by Crippen LogP contribution is -2.49. The SMILES string of the molecule is O=C(CC12CC3CC(CC(C3)C1)C2)NC[C@@H](c1cccs1)N1CCOCC1. The summed E-state index contributed by atoms with van der Waals surface area (Å²) in [6, 6.07) is 4.61. The highest BCUT2D eigenvalue weighted by atomic mass is 32.1. The molecule has 1 amide bonds. The molecule has 1 aliphatic heterocycles. The van der Waals surface area contributed by atoms with Crippen molar-refractivity contribution in [3.8, 4) is 0 Å². The van der Waals surface area contributed by atoms with E-state index >= 15 is 0 Å². The predicted molar refractivity (Wildman–Crippen MR) is 108 cm³/mol. The normalized spacial score (nSPS) is 36.7. The number of hydrogen-bond acceptors (Lipinski definition) is 4. The van der Waals surface area contributed by atoms with Crippen LogP contribution in [0.5, 0.6) is 0 Å². The fourth-order valence-electron chi connectivity index (χ4n) is 6.90. The van der Waals surface area contributed by atoms with Gasteiger partial charge in [0.05, 0.1) is 19.3 Å². The number of amides is 1. The lowest BCUT2D eigenvalue weighted by Gasteiger charge is -2.56. The van der Waals surface area contributed by atoms with Gasteiger partial charge in [-0.25, -0.2) is 0 Å². The van der Waals surface area contributed by atoms with Crippen molar-refractivity contribution in [1.82, 2.24) is 10.2 Å². The van der Waals surface area contributed by atoms with Crippen molar-refractivity contribution in [3.63, 3.8) is 0 Å². The molecule has 1 saturated heterocycles. The van der Waals surface area contributed by atoms with Gasteiger partial charge in [-0.2, -0.15) is 0 Å². The highest BCUT2D eigenvalue weighted by Crippen LogP contribution is 2.61. The molecule has 27 heavy (non-hydrogen) atoms. The Morgan fingerprint density at radius 1 is 1.19 bits per heavy atom. The third-order valence-electron chi connectivity index (χ3n) is 7.55. The number of nitrogens with one attached hydrogen (secondary N) is 1. The quantitative estimate of drug-likeness (QED) is 0.805. The second-order valence-electron chi connectivity index (χ2n) is 9.58. The first-order valence-corrected chi connectivity index (χ1v) is 11.7. The fraction of sp³-hybridized carbons (Fsp3) is 0.773. The van der Waals surface area contributed by atoms with Gasteiger partial charge in [0.25, 0.3) is 0 Å². The Morgan fingerprint density at radius 3 is 2.44 bits per heavy atom. The van der Waals surface area contributed by atoms with Crippen LogP contribution in [0.1, 0.15) is 55.9 Å². The average molecular weight is 389 g/mol. The summed E-state index contributed by atoms with van der Waals surface area (Å²) in [7, 11) is 0. The van der Waals surface area contributed by atoms with Crippen LogP contribution in [0, 0.1) is 23.2 Å². The van der Waals surface area contributed by atoms with Gasteiger partial charge in [0.15, 0.2) is 0 Å². The number of ether oxygens (including phenoxy) is 1. The summed E-state index contributed by atoms with van der Waals surface area (Å²) in [5, 5.41) is 5.47. The van der Waals surface area contributed by atoms with Crippen LogP contribution in [0.3, 0.4) is 0 Å². The molecule has 0 unspecified atom stereocenters. The summed E-state index contributed by atoms with van der Waals surface area (Å²) in [6.07, 6.45) is 9.02. The Bertz CT molecular complexity index is 618. The zero-order valence-electron chi connectivity index (χ0n) is 16.2. The van der Waals surface area contributed by atoms with Crippen molar-refractivity contribution in [3.05, 3.63) is 22.4 Å². The van der Waals surface area contributed by atoms with E-state index in [-0.39, 0.29) is 11.9 Å². The minimum absolute atomic E-state index is 0.284. The Hall–Kier alpha value is -0.910. The van der Waals surface area contributed by atoms with Gasteiger partial charge < -0.3 is 10.1 Å². The van der Waals surface area contributed by atoms with Crippen molar-refractivity contribution in [2.24, 2.45) is 23.2 Å². The van der Waals surface area contributed by atoms with Gasteiger partial charge in [-0.1, -0.05) is 6.07 Å². The van der Waals surface area contributed by atoms with E-state index in [9.17, 15) is 4.79 Å².